The summed E-state index contributed by atoms with van der Waals surface area (Å²) in [6.07, 6.45) is 3.37. The van der Waals surface area contributed by atoms with Gasteiger partial charge in [0.05, 0.1) is 23.7 Å². The Balaban J connectivity index is 1.89. The normalized spacial score (nSPS) is 11.2. The van der Waals surface area contributed by atoms with Crippen LogP contribution in [0.4, 0.5) is 5.82 Å². The predicted octanol–water partition coefficient (Wildman–Crippen LogP) is 2.79. The van der Waals surface area contributed by atoms with Crippen LogP contribution in [-0.4, -0.2) is 32.7 Å². The second-order valence-corrected chi connectivity index (χ2v) is 5.78. The van der Waals surface area contributed by atoms with Gasteiger partial charge in [0.2, 0.25) is 0 Å². The third-order valence-corrected chi connectivity index (χ3v) is 3.61. The molecule has 0 aliphatic heterocycles. The highest BCUT2D eigenvalue weighted by Gasteiger charge is 2.16. The molecule has 0 fully saturated rings. The molecule has 23 heavy (non-hydrogen) atoms. The summed E-state index contributed by atoms with van der Waals surface area (Å²) in [5.41, 5.74) is 2.12. The fourth-order valence-electron chi connectivity index (χ4n) is 2.51. The molecule has 0 atom stereocenters. The lowest BCUT2D eigenvalue weighted by Gasteiger charge is -2.20. The second-order valence-electron chi connectivity index (χ2n) is 5.78. The van der Waals surface area contributed by atoms with Gasteiger partial charge in [-0.3, -0.25) is 0 Å². The average molecular weight is 311 g/mol. The van der Waals surface area contributed by atoms with Gasteiger partial charge in [0.1, 0.15) is 5.82 Å². The molecule has 0 amide bonds. The summed E-state index contributed by atoms with van der Waals surface area (Å²) in [6, 6.07) is 8.12. The van der Waals surface area contributed by atoms with Gasteiger partial charge in [0.15, 0.2) is 5.82 Å². The van der Waals surface area contributed by atoms with Gasteiger partial charge >= 0.3 is 0 Å². The van der Waals surface area contributed by atoms with Crippen molar-refractivity contribution < 1.29 is 4.74 Å². The minimum Gasteiger partial charge on any atom is -0.472 e. The lowest BCUT2D eigenvalue weighted by atomic mass is 10.3. The summed E-state index contributed by atoms with van der Waals surface area (Å²) in [7, 11) is 4.00. The van der Waals surface area contributed by atoms with Gasteiger partial charge in [-0.2, -0.15) is 0 Å². The Hall–Kier alpha value is -2.63. The van der Waals surface area contributed by atoms with Gasteiger partial charge < -0.3 is 14.2 Å². The van der Waals surface area contributed by atoms with Crippen molar-refractivity contribution in [3.63, 3.8) is 0 Å². The zero-order chi connectivity index (χ0) is 16.4. The van der Waals surface area contributed by atoms with Crippen molar-refractivity contribution >= 4 is 16.9 Å². The molecule has 0 aliphatic rings. The smallest absolute Gasteiger partial charge is 0.257 e. The molecule has 0 spiro atoms. The number of fused-ring (bicyclic) bond motifs is 1. The van der Waals surface area contributed by atoms with E-state index in [9.17, 15) is 0 Å². The molecule has 1 aromatic carbocycles. The summed E-state index contributed by atoms with van der Waals surface area (Å²) in [5, 5.41) is 0. The highest BCUT2D eigenvalue weighted by molar-refractivity contribution is 5.75. The number of benzene rings is 1. The number of aromatic nitrogens is 4. The van der Waals surface area contributed by atoms with Gasteiger partial charge in [-0.05, 0) is 26.0 Å². The van der Waals surface area contributed by atoms with Crippen molar-refractivity contribution in [3.05, 3.63) is 42.5 Å². The molecular formula is C17H21N5O. The number of anilines is 1. The quantitative estimate of drug-likeness (QED) is 0.725. The van der Waals surface area contributed by atoms with E-state index in [0.29, 0.717) is 18.2 Å². The van der Waals surface area contributed by atoms with Gasteiger partial charge in [0.25, 0.3) is 5.88 Å². The minimum absolute atomic E-state index is 0.0506. The number of rotatable bonds is 5. The van der Waals surface area contributed by atoms with Gasteiger partial charge in [-0.15, -0.1) is 0 Å². The molecule has 0 N–H and O–H groups in total. The summed E-state index contributed by atoms with van der Waals surface area (Å²) in [4.78, 5) is 15.4. The molecular weight excluding hydrogens is 290 g/mol. The van der Waals surface area contributed by atoms with Crippen LogP contribution in [0.5, 0.6) is 5.88 Å². The van der Waals surface area contributed by atoms with Gasteiger partial charge in [-0.1, -0.05) is 12.1 Å². The SMILES string of the molecule is CC(C)Oc1nccnc1N(C)Cc1nc2ccccc2n1C. The number of para-hydroxylation sites is 2. The molecule has 0 saturated heterocycles. The number of nitrogens with zero attached hydrogens (tertiary/aromatic N) is 5. The Kier molecular flexibility index (Phi) is 4.14. The summed E-state index contributed by atoms with van der Waals surface area (Å²) in [5.74, 6) is 2.23. The number of ether oxygens (including phenoxy) is 1. The van der Waals surface area contributed by atoms with Gasteiger partial charge in [0, 0.05) is 26.5 Å². The summed E-state index contributed by atoms with van der Waals surface area (Å²) >= 11 is 0. The monoisotopic (exact) mass is 311 g/mol. The molecule has 6 heteroatoms. The van der Waals surface area contributed by atoms with E-state index in [1.807, 2.05) is 51.0 Å². The predicted molar refractivity (Wildman–Crippen MR) is 90.6 cm³/mol. The number of aryl methyl sites for hydroxylation is 1. The molecule has 0 saturated carbocycles. The largest absolute Gasteiger partial charge is 0.472 e. The molecule has 0 aliphatic carbocycles. The first-order valence-corrected chi connectivity index (χ1v) is 7.65. The summed E-state index contributed by atoms with van der Waals surface area (Å²) < 4.78 is 7.85. The standard InChI is InChI=1S/C17H21N5O/c1-12(2)23-17-16(18-9-10-19-17)21(3)11-15-20-13-7-5-6-8-14(13)22(15)4/h5-10,12H,11H2,1-4H3. The van der Waals surface area contributed by atoms with Crippen molar-refractivity contribution in [2.75, 3.05) is 11.9 Å². The van der Waals surface area contributed by atoms with Crippen LogP contribution in [0, 0.1) is 0 Å². The third kappa shape index (κ3) is 3.11. The Morgan fingerprint density at radius 2 is 1.91 bits per heavy atom. The molecule has 0 radical (unpaired) electrons. The molecule has 2 heterocycles. The molecule has 3 rings (SSSR count). The van der Waals surface area contributed by atoms with E-state index in [4.69, 9.17) is 9.72 Å². The molecule has 120 valence electrons. The Morgan fingerprint density at radius 3 is 2.65 bits per heavy atom. The van der Waals surface area contributed by atoms with Crippen molar-refractivity contribution in [2.45, 2.75) is 26.5 Å². The molecule has 2 aromatic heterocycles. The minimum atomic E-state index is 0.0506. The van der Waals surface area contributed by atoms with Crippen LogP contribution in [-0.2, 0) is 13.6 Å². The zero-order valence-corrected chi connectivity index (χ0v) is 13.9. The molecule has 6 nitrogen and oxygen atoms in total. The molecule has 0 bridgehead atoms. The lowest BCUT2D eigenvalue weighted by molar-refractivity contribution is 0.232. The highest BCUT2D eigenvalue weighted by Crippen LogP contribution is 2.24. The van der Waals surface area contributed by atoms with E-state index in [-0.39, 0.29) is 6.10 Å². The van der Waals surface area contributed by atoms with Crippen LogP contribution < -0.4 is 9.64 Å². The number of imidazole rings is 1. The maximum atomic E-state index is 5.75. The first-order valence-electron chi connectivity index (χ1n) is 7.65. The van der Waals surface area contributed by atoms with Crippen molar-refractivity contribution in [3.8, 4) is 5.88 Å². The van der Waals surface area contributed by atoms with Crippen LogP contribution in [0.2, 0.25) is 0 Å². The first kappa shape index (κ1) is 15.3. The van der Waals surface area contributed by atoms with Gasteiger partial charge in [-0.25, -0.2) is 15.0 Å². The fourth-order valence-corrected chi connectivity index (χ4v) is 2.51. The van der Waals surface area contributed by atoms with E-state index in [1.165, 1.54) is 0 Å². The maximum Gasteiger partial charge on any atom is 0.257 e. The first-order chi connectivity index (χ1) is 11.1. The Morgan fingerprint density at radius 1 is 1.17 bits per heavy atom. The Labute approximate surface area is 135 Å². The average Bonchev–Trinajstić information content (AvgIpc) is 2.84. The number of hydrogen-bond donors (Lipinski definition) is 0. The highest BCUT2D eigenvalue weighted by atomic mass is 16.5. The molecule has 3 aromatic rings. The topological polar surface area (TPSA) is 56.1 Å². The van der Waals surface area contributed by atoms with Crippen LogP contribution in [0.1, 0.15) is 19.7 Å². The fraction of sp³-hybridized carbons (Fsp3) is 0.353. The second kappa shape index (κ2) is 6.24. The van der Waals surface area contributed by atoms with E-state index in [2.05, 4.69) is 20.6 Å². The van der Waals surface area contributed by atoms with E-state index in [0.717, 1.165) is 16.9 Å². The summed E-state index contributed by atoms with van der Waals surface area (Å²) in [6.45, 7) is 4.58. The van der Waals surface area contributed by atoms with Crippen LogP contribution in [0.25, 0.3) is 11.0 Å². The van der Waals surface area contributed by atoms with Crippen LogP contribution in [0.3, 0.4) is 0 Å². The van der Waals surface area contributed by atoms with E-state index >= 15 is 0 Å². The Bertz CT molecular complexity index is 812. The van der Waals surface area contributed by atoms with E-state index in [1.54, 1.807) is 12.4 Å². The molecule has 0 unspecified atom stereocenters. The maximum absolute atomic E-state index is 5.75. The third-order valence-electron chi connectivity index (χ3n) is 3.61. The van der Waals surface area contributed by atoms with Crippen molar-refractivity contribution in [1.29, 1.82) is 0 Å². The van der Waals surface area contributed by atoms with Crippen LogP contribution >= 0.6 is 0 Å². The van der Waals surface area contributed by atoms with Crippen molar-refractivity contribution in [2.24, 2.45) is 7.05 Å². The van der Waals surface area contributed by atoms with E-state index < -0.39 is 0 Å². The van der Waals surface area contributed by atoms with Crippen molar-refractivity contribution in [1.82, 2.24) is 19.5 Å². The number of hydrogen-bond acceptors (Lipinski definition) is 5. The van der Waals surface area contributed by atoms with Crippen LogP contribution in [0.15, 0.2) is 36.7 Å². The zero-order valence-electron chi connectivity index (χ0n) is 13.9. The lowest BCUT2D eigenvalue weighted by Crippen LogP contribution is -2.22.